The zero-order valence-electron chi connectivity index (χ0n) is 12.0. The van der Waals surface area contributed by atoms with Gasteiger partial charge in [0.05, 0.1) is 12.9 Å². The molecule has 0 bridgehead atoms. The van der Waals surface area contributed by atoms with Crippen LogP contribution in [0.4, 0.5) is 0 Å². The third kappa shape index (κ3) is 2.31. The molecule has 9 nitrogen and oxygen atoms in total. The van der Waals surface area contributed by atoms with Gasteiger partial charge in [0.25, 0.3) is 5.56 Å². The van der Waals surface area contributed by atoms with E-state index in [1.165, 1.54) is 10.9 Å². The molecule has 0 radical (unpaired) electrons. The van der Waals surface area contributed by atoms with Crippen LogP contribution in [-0.2, 0) is 11.2 Å². The molecule has 0 aliphatic carbocycles. The summed E-state index contributed by atoms with van der Waals surface area (Å²) in [7, 11) is 0. The highest BCUT2D eigenvalue weighted by molar-refractivity contribution is 5.69. The van der Waals surface area contributed by atoms with Gasteiger partial charge in [0.1, 0.15) is 24.1 Å². The number of nitrogens with one attached hydrogen (secondary N) is 1. The average molecular weight is 310 g/mol. The van der Waals surface area contributed by atoms with Crippen molar-refractivity contribution in [3.05, 3.63) is 22.5 Å². The average Bonchev–Trinajstić information content (AvgIpc) is 3.03. The molecule has 0 aromatic carbocycles. The molecular formula is C13H18N4O5. The Kier molecular flexibility index (Phi) is 3.96. The van der Waals surface area contributed by atoms with Crippen molar-refractivity contribution in [2.75, 3.05) is 6.61 Å². The predicted octanol–water partition coefficient (Wildman–Crippen LogP) is -1.32. The van der Waals surface area contributed by atoms with Crippen LogP contribution in [0.3, 0.4) is 0 Å². The SMILES string of the molecule is CCCc1nc2c(ncn2[C@@H]2O[C@H](CO)C(O)C2O)c(=O)[nH]1. The van der Waals surface area contributed by atoms with Gasteiger partial charge in [-0.15, -0.1) is 0 Å². The second kappa shape index (κ2) is 5.76. The number of aromatic amines is 1. The van der Waals surface area contributed by atoms with Gasteiger partial charge in [-0.05, 0) is 6.42 Å². The van der Waals surface area contributed by atoms with Crippen molar-refractivity contribution in [1.29, 1.82) is 0 Å². The van der Waals surface area contributed by atoms with Gasteiger partial charge in [-0.2, -0.15) is 0 Å². The van der Waals surface area contributed by atoms with Crippen LogP contribution in [0.5, 0.6) is 0 Å². The highest BCUT2D eigenvalue weighted by atomic mass is 16.6. The molecule has 3 heterocycles. The number of aromatic nitrogens is 4. The normalized spacial score (nSPS) is 28.5. The largest absolute Gasteiger partial charge is 0.394 e. The van der Waals surface area contributed by atoms with Crippen molar-refractivity contribution >= 4 is 11.2 Å². The van der Waals surface area contributed by atoms with Crippen molar-refractivity contribution in [3.63, 3.8) is 0 Å². The van der Waals surface area contributed by atoms with Crippen LogP contribution in [0.1, 0.15) is 25.4 Å². The minimum absolute atomic E-state index is 0.137. The molecule has 2 aromatic rings. The molecule has 0 spiro atoms. The van der Waals surface area contributed by atoms with E-state index in [2.05, 4.69) is 15.0 Å². The quantitative estimate of drug-likeness (QED) is 0.550. The summed E-state index contributed by atoms with van der Waals surface area (Å²) in [6.45, 7) is 1.55. The first-order valence-electron chi connectivity index (χ1n) is 7.15. The number of hydrogen-bond acceptors (Lipinski definition) is 7. The topological polar surface area (TPSA) is 133 Å². The molecule has 22 heavy (non-hydrogen) atoms. The van der Waals surface area contributed by atoms with E-state index in [0.29, 0.717) is 12.2 Å². The fraction of sp³-hybridized carbons (Fsp3) is 0.615. The fourth-order valence-corrected chi connectivity index (χ4v) is 2.62. The van der Waals surface area contributed by atoms with E-state index >= 15 is 0 Å². The number of aliphatic hydroxyl groups is 3. The van der Waals surface area contributed by atoms with Gasteiger partial charge in [-0.3, -0.25) is 9.36 Å². The molecule has 9 heteroatoms. The number of ether oxygens (including phenoxy) is 1. The van der Waals surface area contributed by atoms with Crippen molar-refractivity contribution < 1.29 is 20.1 Å². The number of hydrogen-bond donors (Lipinski definition) is 4. The molecule has 1 saturated heterocycles. The Balaban J connectivity index is 2.06. The third-order valence-electron chi connectivity index (χ3n) is 3.76. The second-order valence-corrected chi connectivity index (χ2v) is 5.32. The van der Waals surface area contributed by atoms with Crippen molar-refractivity contribution in [1.82, 2.24) is 19.5 Å². The summed E-state index contributed by atoms with van der Waals surface area (Å²) >= 11 is 0. The number of aliphatic hydroxyl groups excluding tert-OH is 3. The van der Waals surface area contributed by atoms with E-state index in [9.17, 15) is 15.0 Å². The summed E-state index contributed by atoms with van der Waals surface area (Å²) in [5.41, 5.74) is 0.0542. The third-order valence-corrected chi connectivity index (χ3v) is 3.76. The number of fused-ring (bicyclic) bond motifs is 1. The molecule has 3 rings (SSSR count). The Morgan fingerprint density at radius 1 is 1.41 bits per heavy atom. The molecule has 120 valence electrons. The lowest BCUT2D eigenvalue weighted by Crippen LogP contribution is -2.33. The van der Waals surface area contributed by atoms with Crippen LogP contribution in [0.15, 0.2) is 11.1 Å². The van der Waals surface area contributed by atoms with Gasteiger partial charge < -0.3 is 25.0 Å². The molecule has 2 aromatic heterocycles. The fourth-order valence-electron chi connectivity index (χ4n) is 2.62. The van der Waals surface area contributed by atoms with Crippen LogP contribution in [-0.4, -0.2) is 59.8 Å². The minimum atomic E-state index is -1.25. The highest BCUT2D eigenvalue weighted by Gasteiger charge is 2.44. The number of nitrogens with zero attached hydrogens (tertiary/aromatic N) is 3. The summed E-state index contributed by atoms with van der Waals surface area (Å²) in [4.78, 5) is 23.0. The maximum Gasteiger partial charge on any atom is 0.279 e. The highest BCUT2D eigenvalue weighted by Crippen LogP contribution is 2.30. The molecule has 0 saturated carbocycles. The summed E-state index contributed by atoms with van der Waals surface area (Å²) in [6.07, 6.45) is -1.56. The first kappa shape index (κ1) is 15.1. The van der Waals surface area contributed by atoms with E-state index in [4.69, 9.17) is 9.84 Å². The van der Waals surface area contributed by atoms with E-state index in [0.717, 1.165) is 6.42 Å². The van der Waals surface area contributed by atoms with Crippen LogP contribution >= 0.6 is 0 Å². The minimum Gasteiger partial charge on any atom is -0.394 e. The first-order chi connectivity index (χ1) is 10.6. The molecule has 1 fully saturated rings. The van der Waals surface area contributed by atoms with Crippen LogP contribution in [0.25, 0.3) is 11.2 Å². The van der Waals surface area contributed by atoms with Gasteiger partial charge >= 0.3 is 0 Å². The standard InChI is InChI=1S/C13H18N4O5/c1-2-3-7-15-11-8(12(21)16-7)14-5-17(11)13-10(20)9(19)6(4-18)22-13/h5-6,9-10,13,18-20H,2-4H2,1H3,(H,15,16,21)/t6-,9?,10?,13-/m1/s1. The monoisotopic (exact) mass is 310 g/mol. The van der Waals surface area contributed by atoms with Crippen LogP contribution in [0.2, 0.25) is 0 Å². The zero-order valence-corrected chi connectivity index (χ0v) is 12.0. The lowest BCUT2D eigenvalue weighted by Gasteiger charge is -2.16. The van der Waals surface area contributed by atoms with Crippen molar-refractivity contribution in [3.8, 4) is 0 Å². The molecule has 1 aliphatic rings. The first-order valence-corrected chi connectivity index (χ1v) is 7.15. The zero-order chi connectivity index (χ0) is 15.9. The summed E-state index contributed by atoms with van der Waals surface area (Å²) < 4.78 is 6.86. The Bertz CT molecular complexity index is 727. The van der Waals surface area contributed by atoms with E-state index in [-0.39, 0.29) is 16.7 Å². The Morgan fingerprint density at radius 2 is 2.18 bits per heavy atom. The number of rotatable bonds is 4. The Hall–Kier alpha value is -1.81. The molecule has 4 N–H and O–H groups in total. The molecule has 1 aliphatic heterocycles. The number of aryl methyl sites for hydroxylation is 1. The maximum absolute atomic E-state index is 12.0. The van der Waals surface area contributed by atoms with Gasteiger partial charge in [0, 0.05) is 6.42 Å². The lowest BCUT2D eigenvalue weighted by molar-refractivity contribution is -0.0511. The summed E-state index contributed by atoms with van der Waals surface area (Å²) in [5, 5.41) is 29.1. The molecule has 4 atom stereocenters. The van der Waals surface area contributed by atoms with Gasteiger partial charge in [-0.1, -0.05) is 6.92 Å². The summed E-state index contributed by atoms with van der Waals surface area (Å²) in [5.74, 6) is 0.522. The van der Waals surface area contributed by atoms with Gasteiger partial charge in [-0.25, -0.2) is 9.97 Å². The van der Waals surface area contributed by atoms with Crippen molar-refractivity contribution in [2.24, 2.45) is 0 Å². The smallest absolute Gasteiger partial charge is 0.279 e. The van der Waals surface area contributed by atoms with E-state index in [1.807, 2.05) is 6.92 Å². The van der Waals surface area contributed by atoms with Crippen molar-refractivity contribution in [2.45, 2.75) is 44.3 Å². The Labute approximate surface area is 125 Å². The number of imidazole rings is 1. The van der Waals surface area contributed by atoms with Gasteiger partial charge in [0.15, 0.2) is 17.4 Å². The van der Waals surface area contributed by atoms with Gasteiger partial charge in [0.2, 0.25) is 0 Å². The second-order valence-electron chi connectivity index (χ2n) is 5.32. The molecule has 2 unspecified atom stereocenters. The van der Waals surface area contributed by atoms with Crippen LogP contribution in [0, 0.1) is 0 Å². The predicted molar refractivity (Wildman–Crippen MR) is 75.2 cm³/mol. The lowest BCUT2D eigenvalue weighted by atomic mass is 10.1. The van der Waals surface area contributed by atoms with E-state index in [1.54, 1.807) is 0 Å². The Morgan fingerprint density at radius 3 is 2.82 bits per heavy atom. The molecular weight excluding hydrogens is 292 g/mol. The number of H-pyrrole nitrogens is 1. The molecule has 0 amide bonds. The summed E-state index contributed by atoms with van der Waals surface area (Å²) in [6, 6.07) is 0. The van der Waals surface area contributed by atoms with E-state index < -0.39 is 31.1 Å². The van der Waals surface area contributed by atoms with Crippen LogP contribution < -0.4 is 5.56 Å². The maximum atomic E-state index is 12.0.